The van der Waals surface area contributed by atoms with Gasteiger partial charge in [-0.2, -0.15) is 0 Å². The first kappa shape index (κ1) is 18.4. The Bertz CT molecular complexity index is 1090. The highest BCUT2D eigenvalue weighted by atomic mass is 35.5. The molecule has 1 saturated heterocycles. The predicted molar refractivity (Wildman–Crippen MR) is 102 cm³/mol. The molecule has 0 saturated carbocycles. The lowest BCUT2D eigenvalue weighted by molar-refractivity contribution is 0.366. The van der Waals surface area contributed by atoms with Crippen molar-refractivity contribution in [3.05, 3.63) is 53.6 Å². The fraction of sp³-hybridized carbons (Fsp3) is 0.316. The van der Waals surface area contributed by atoms with Crippen LogP contribution in [0, 0.1) is 5.82 Å². The van der Waals surface area contributed by atoms with E-state index in [9.17, 15) is 12.8 Å². The van der Waals surface area contributed by atoms with Crippen molar-refractivity contribution in [3.8, 4) is 0 Å². The first-order valence-electron chi connectivity index (χ1n) is 8.84. The number of nitrogens with one attached hydrogen (secondary N) is 1. The Labute approximate surface area is 162 Å². The van der Waals surface area contributed by atoms with E-state index >= 15 is 0 Å². The van der Waals surface area contributed by atoms with Crippen LogP contribution in [0.4, 0.5) is 4.39 Å². The number of aromatic nitrogens is 2. The molecule has 2 aromatic heterocycles. The number of hydrogen-bond acceptors (Lipinski definition) is 4. The zero-order valence-electron chi connectivity index (χ0n) is 14.5. The summed E-state index contributed by atoms with van der Waals surface area (Å²) in [7, 11) is -3.89. The topological polar surface area (TPSA) is 64.0 Å². The van der Waals surface area contributed by atoms with Crippen LogP contribution in [0.2, 0.25) is 5.02 Å². The minimum atomic E-state index is -3.89. The second-order valence-corrected chi connectivity index (χ2v) is 9.04. The molecule has 1 aliphatic rings. The number of pyridine rings is 1. The normalized spacial score (nSPS) is 18.1. The second kappa shape index (κ2) is 7.22. The highest BCUT2D eigenvalue weighted by molar-refractivity contribution is 7.91. The van der Waals surface area contributed by atoms with Gasteiger partial charge in [0.15, 0.2) is 0 Å². The van der Waals surface area contributed by atoms with Crippen LogP contribution in [-0.2, 0) is 16.4 Å². The average Bonchev–Trinajstić information content (AvgIpc) is 3.01. The zero-order chi connectivity index (χ0) is 19.0. The molecule has 1 aromatic carbocycles. The van der Waals surface area contributed by atoms with Gasteiger partial charge in [-0.15, -0.1) is 0 Å². The maximum Gasteiger partial charge on any atom is 0.211 e. The minimum absolute atomic E-state index is 0.0210. The maximum atomic E-state index is 13.8. The predicted octanol–water partition coefficient (Wildman–Crippen LogP) is 3.80. The van der Waals surface area contributed by atoms with Gasteiger partial charge in [0.1, 0.15) is 16.2 Å². The van der Waals surface area contributed by atoms with E-state index in [1.807, 2.05) is 0 Å². The molecule has 3 aromatic rings. The molecular weight excluding hydrogens is 389 g/mol. The summed E-state index contributed by atoms with van der Waals surface area (Å²) in [5.74, 6) is -0.500. The fourth-order valence-corrected chi connectivity index (χ4v) is 5.49. The lowest BCUT2D eigenvalue weighted by atomic mass is 10.1. The number of hydrogen-bond donors (Lipinski definition) is 1. The summed E-state index contributed by atoms with van der Waals surface area (Å²) in [5.41, 5.74) is 0.722. The van der Waals surface area contributed by atoms with Gasteiger partial charge in [0.05, 0.1) is 21.6 Å². The van der Waals surface area contributed by atoms with Gasteiger partial charge in [0, 0.05) is 24.8 Å². The standard InChI is InChI=1S/C19H19ClFN3O2S/c20-15-6-1-2-7-17(15)27(25,26)18-12-24(11-14-5-3-4-8-22-14)16-9-13(21)10-23-19(16)18/h1-2,6-7,9-10,12,14,22H,3-5,8,11H2/t14-/m0/s1. The molecule has 3 heterocycles. The summed E-state index contributed by atoms with van der Waals surface area (Å²) in [6.45, 7) is 1.49. The van der Waals surface area contributed by atoms with Crippen molar-refractivity contribution in [2.45, 2.75) is 41.6 Å². The van der Waals surface area contributed by atoms with Crippen LogP contribution >= 0.6 is 11.6 Å². The van der Waals surface area contributed by atoms with E-state index in [0.717, 1.165) is 32.0 Å². The molecule has 1 atom stereocenters. The van der Waals surface area contributed by atoms with Crippen molar-refractivity contribution < 1.29 is 12.8 Å². The first-order chi connectivity index (χ1) is 13.0. The Hall–Kier alpha value is -1.96. The lowest BCUT2D eigenvalue weighted by Crippen LogP contribution is -2.37. The van der Waals surface area contributed by atoms with E-state index in [4.69, 9.17) is 11.6 Å². The van der Waals surface area contributed by atoms with Crippen molar-refractivity contribution in [3.63, 3.8) is 0 Å². The van der Waals surface area contributed by atoms with Crippen molar-refractivity contribution in [1.82, 2.24) is 14.9 Å². The van der Waals surface area contributed by atoms with Crippen molar-refractivity contribution >= 4 is 32.5 Å². The van der Waals surface area contributed by atoms with Crippen LogP contribution < -0.4 is 5.32 Å². The number of sulfone groups is 1. The quantitative estimate of drug-likeness (QED) is 0.714. The van der Waals surface area contributed by atoms with Crippen LogP contribution in [0.3, 0.4) is 0 Å². The van der Waals surface area contributed by atoms with Gasteiger partial charge in [-0.25, -0.2) is 12.8 Å². The van der Waals surface area contributed by atoms with Crippen LogP contribution in [0.15, 0.2) is 52.5 Å². The molecule has 142 valence electrons. The van der Waals surface area contributed by atoms with Crippen molar-refractivity contribution in [1.29, 1.82) is 0 Å². The Kier molecular flexibility index (Phi) is 4.92. The van der Waals surface area contributed by atoms with Crippen LogP contribution in [0.25, 0.3) is 11.0 Å². The molecule has 8 heteroatoms. The Morgan fingerprint density at radius 2 is 2.07 bits per heavy atom. The molecule has 0 aliphatic carbocycles. The summed E-state index contributed by atoms with van der Waals surface area (Å²) in [6, 6.07) is 7.84. The molecule has 1 N–H and O–H groups in total. The number of nitrogens with zero attached hydrogens (tertiary/aromatic N) is 2. The second-order valence-electron chi connectivity index (χ2n) is 6.75. The molecule has 1 aliphatic heterocycles. The van der Waals surface area contributed by atoms with Crippen LogP contribution in [0.1, 0.15) is 19.3 Å². The van der Waals surface area contributed by atoms with Gasteiger partial charge in [0.2, 0.25) is 9.84 Å². The fourth-order valence-electron chi connectivity index (χ4n) is 3.56. The molecule has 4 rings (SSSR count). The molecule has 0 bridgehead atoms. The molecule has 5 nitrogen and oxygen atoms in total. The van der Waals surface area contributed by atoms with Gasteiger partial charge in [-0.1, -0.05) is 30.2 Å². The third kappa shape index (κ3) is 3.47. The van der Waals surface area contributed by atoms with Crippen LogP contribution in [0.5, 0.6) is 0 Å². The summed E-state index contributed by atoms with van der Waals surface area (Å²) in [6.07, 6.45) is 5.83. The van der Waals surface area contributed by atoms with Gasteiger partial charge < -0.3 is 9.88 Å². The van der Waals surface area contributed by atoms with Crippen LogP contribution in [-0.4, -0.2) is 30.6 Å². The highest BCUT2D eigenvalue weighted by Crippen LogP contribution is 2.32. The molecule has 0 amide bonds. The molecule has 0 spiro atoms. The smallest absolute Gasteiger partial charge is 0.211 e. The third-order valence-corrected chi connectivity index (χ3v) is 7.15. The highest BCUT2D eigenvalue weighted by Gasteiger charge is 2.27. The van der Waals surface area contributed by atoms with Gasteiger partial charge in [-0.05, 0) is 31.5 Å². The SMILES string of the molecule is O=S(=O)(c1ccccc1Cl)c1cn(C[C@@H]2CCCCN2)c2cc(F)cnc12. The monoisotopic (exact) mass is 407 g/mol. The molecule has 0 unspecified atom stereocenters. The minimum Gasteiger partial charge on any atom is -0.343 e. The largest absolute Gasteiger partial charge is 0.343 e. The van der Waals surface area contributed by atoms with Gasteiger partial charge in [-0.3, -0.25) is 4.98 Å². The van der Waals surface area contributed by atoms with Crippen molar-refractivity contribution in [2.75, 3.05) is 6.54 Å². The van der Waals surface area contributed by atoms with E-state index in [1.54, 1.807) is 22.9 Å². The zero-order valence-corrected chi connectivity index (χ0v) is 16.1. The average molecular weight is 408 g/mol. The Morgan fingerprint density at radius 3 is 2.81 bits per heavy atom. The maximum absolute atomic E-state index is 13.8. The molecule has 0 radical (unpaired) electrons. The Balaban J connectivity index is 1.85. The summed E-state index contributed by atoms with van der Waals surface area (Å²) in [5, 5.41) is 3.58. The van der Waals surface area contributed by atoms with Gasteiger partial charge >= 0.3 is 0 Å². The third-order valence-electron chi connectivity index (χ3n) is 4.90. The van der Waals surface area contributed by atoms with E-state index in [1.165, 1.54) is 18.2 Å². The number of halogens is 2. The number of rotatable bonds is 4. The summed E-state index contributed by atoms with van der Waals surface area (Å²) < 4.78 is 42.0. The Morgan fingerprint density at radius 1 is 1.26 bits per heavy atom. The summed E-state index contributed by atoms with van der Waals surface area (Å²) >= 11 is 6.12. The first-order valence-corrected chi connectivity index (χ1v) is 10.7. The van der Waals surface area contributed by atoms with E-state index in [0.29, 0.717) is 12.1 Å². The lowest BCUT2D eigenvalue weighted by Gasteiger charge is -2.24. The van der Waals surface area contributed by atoms with E-state index in [2.05, 4.69) is 10.3 Å². The summed E-state index contributed by atoms with van der Waals surface area (Å²) in [4.78, 5) is 4.14. The number of fused-ring (bicyclic) bond motifs is 1. The number of benzene rings is 1. The molecule has 27 heavy (non-hydrogen) atoms. The van der Waals surface area contributed by atoms with E-state index in [-0.39, 0.29) is 26.4 Å². The van der Waals surface area contributed by atoms with Gasteiger partial charge in [0.25, 0.3) is 0 Å². The number of piperidine rings is 1. The molecule has 1 fully saturated rings. The van der Waals surface area contributed by atoms with E-state index < -0.39 is 15.7 Å². The molecular formula is C19H19ClFN3O2S. The van der Waals surface area contributed by atoms with Crippen molar-refractivity contribution in [2.24, 2.45) is 0 Å².